The molecule has 0 amide bonds. The molecular weight excluding hydrogens is 300 g/mol. The maximum absolute atomic E-state index is 11.5. The number of rotatable bonds is 4. The Labute approximate surface area is 132 Å². The minimum absolute atomic E-state index is 0.424. The van der Waals surface area contributed by atoms with Gasteiger partial charge >= 0.3 is 23.9 Å². The first-order valence-corrected chi connectivity index (χ1v) is 5.92. The minimum atomic E-state index is -1.59. The highest BCUT2D eigenvalue weighted by Crippen LogP contribution is 2.25. The maximum atomic E-state index is 11.5. The fourth-order valence-electron chi connectivity index (χ4n) is 1.82. The number of carbonyl (C=O) groups excluding carboxylic acids is 4. The van der Waals surface area contributed by atoms with Crippen molar-refractivity contribution < 1.29 is 48.3 Å². The highest BCUT2D eigenvalue weighted by molar-refractivity contribution is 5.69. The molecule has 1 rings (SSSR count). The fraction of sp³-hybridized carbons (Fsp3) is 0.692. The van der Waals surface area contributed by atoms with Crippen molar-refractivity contribution in [2.45, 2.75) is 52.2 Å². The molecule has 1 heterocycles. The van der Waals surface area contributed by atoms with Gasteiger partial charge in [-0.3, -0.25) is 19.2 Å². The number of hydrogen-bond acceptors (Lipinski definition) is 9. The molecule has 0 aromatic heterocycles. The van der Waals surface area contributed by atoms with Crippen LogP contribution in [0.25, 0.3) is 0 Å². The van der Waals surface area contributed by atoms with Crippen LogP contribution in [0.4, 0.5) is 0 Å². The topological polar surface area (TPSA) is 114 Å². The van der Waals surface area contributed by atoms with Gasteiger partial charge in [0.1, 0.15) is 0 Å². The molecule has 0 spiro atoms. The average Bonchev–Trinajstić information content (AvgIpc) is 2.65. The van der Waals surface area contributed by atoms with E-state index in [0.29, 0.717) is 0 Å². The average molecular weight is 322 g/mol. The van der Waals surface area contributed by atoms with Crippen LogP contribution in [-0.4, -0.2) is 55.1 Å². The predicted octanol–water partition coefficient (Wildman–Crippen LogP) is -0.299. The molecule has 9 heteroatoms. The quantitative estimate of drug-likeness (QED) is 0.508. The van der Waals surface area contributed by atoms with E-state index in [1.165, 1.54) is 0 Å². The van der Waals surface area contributed by atoms with Crippen molar-refractivity contribution in [1.29, 1.82) is 0 Å². The van der Waals surface area contributed by atoms with Crippen LogP contribution >= 0.6 is 0 Å². The van der Waals surface area contributed by atoms with E-state index in [1.807, 2.05) is 0 Å². The summed E-state index contributed by atoms with van der Waals surface area (Å²) in [5.41, 5.74) is 0. The zero-order valence-electron chi connectivity index (χ0n) is 15.5. The number of hydrogen-bond donors (Lipinski definition) is 0. The van der Waals surface area contributed by atoms with Crippen LogP contribution < -0.4 is 0 Å². The van der Waals surface area contributed by atoms with Gasteiger partial charge in [0, 0.05) is 33.1 Å². The summed E-state index contributed by atoms with van der Waals surface area (Å²) in [5.74, 6) is -4.10. The second-order valence-corrected chi connectivity index (χ2v) is 4.13. The smallest absolute Gasteiger partial charge is 0.305 e. The Bertz CT molecular complexity index is 484. The van der Waals surface area contributed by atoms with Crippen molar-refractivity contribution in [1.82, 2.24) is 0 Å². The summed E-state index contributed by atoms with van der Waals surface area (Å²) in [6.07, 6.45) is -5.94. The fourth-order valence-corrected chi connectivity index (χ4v) is 1.82. The van der Waals surface area contributed by atoms with E-state index in [9.17, 15) is 19.2 Å². The van der Waals surface area contributed by atoms with E-state index in [1.54, 1.807) is 0 Å². The second-order valence-electron chi connectivity index (χ2n) is 4.13. The van der Waals surface area contributed by atoms with Gasteiger partial charge in [0.25, 0.3) is 0 Å². The SMILES string of the molecule is [2H]CC(=O)OC1OC[C@@H](OC(=O)C[2H])[C@@H](OC(=O)C[2H])[C@H]1OC(=O)C[2H]. The number of esters is 4. The zero-order chi connectivity index (χ0) is 19.7. The van der Waals surface area contributed by atoms with Crippen molar-refractivity contribution in [2.24, 2.45) is 0 Å². The third-order valence-corrected chi connectivity index (χ3v) is 2.45. The lowest BCUT2D eigenvalue weighted by Crippen LogP contribution is -2.58. The Morgan fingerprint density at radius 3 is 1.91 bits per heavy atom. The zero-order valence-corrected chi connectivity index (χ0v) is 11.5. The van der Waals surface area contributed by atoms with Crippen LogP contribution in [-0.2, 0) is 42.9 Å². The lowest BCUT2D eigenvalue weighted by atomic mass is 10.0. The lowest BCUT2D eigenvalue weighted by molar-refractivity contribution is -0.273. The van der Waals surface area contributed by atoms with Crippen LogP contribution in [0.1, 0.15) is 33.1 Å². The highest BCUT2D eigenvalue weighted by Gasteiger charge is 2.48. The molecule has 0 aliphatic carbocycles. The minimum Gasteiger partial charge on any atom is -0.456 e. The Hall–Kier alpha value is -2.16. The predicted molar refractivity (Wildman–Crippen MR) is 68.2 cm³/mol. The molecule has 124 valence electrons. The van der Waals surface area contributed by atoms with E-state index in [2.05, 4.69) is 0 Å². The van der Waals surface area contributed by atoms with E-state index in [0.717, 1.165) is 0 Å². The number of ether oxygens (including phenoxy) is 5. The van der Waals surface area contributed by atoms with Gasteiger partial charge in [-0.05, 0) is 0 Å². The van der Waals surface area contributed by atoms with Gasteiger partial charge < -0.3 is 23.7 Å². The molecule has 0 N–H and O–H groups in total. The molecule has 9 nitrogen and oxygen atoms in total. The Morgan fingerprint density at radius 1 is 0.818 bits per heavy atom. The van der Waals surface area contributed by atoms with Crippen LogP contribution in [0.2, 0.25) is 0 Å². The van der Waals surface area contributed by atoms with Gasteiger partial charge in [0.15, 0.2) is 12.2 Å². The van der Waals surface area contributed by atoms with Gasteiger partial charge in [0.05, 0.1) is 6.61 Å². The molecule has 0 aromatic rings. The van der Waals surface area contributed by atoms with Crippen LogP contribution in [0, 0.1) is 0 Å². The van der Waals surface area contributed by atoms with E-state index < -0.39 is 82.7 Å². The molecule has 1 saturated heterocycles. The summed E-state index contributed by atoms with van der Waals surface area (Å²) in [6, 6.07) is 0. The van der Waals surface area contributed by atoms with Gasteiger partial charge in [-0.25, -0.2) is 0 Å². The van der Waals surface area contributed by atoms with Crippen molar-refractivity contribution in [3.8, 4) is 0 Å². The van der Waals surface area contributed by atoms with E-state index in [4.69, 9.17) is 29.2 Å². The summed E-state index contributed by atoms with van der Waals surface area (Å²) >= 11 is 0. The first-order chi connectivity index (χ1) is 12.4. The van der Waals surface area contributed by atoms with Crippen molar-refractivity contribution in [3.63, 3.8) is 0 Å². The molecule has 22 heavy (non-hydrogen) atoms. The van der Waals surface area contributed by atoms with Crippen LogP contribution in [0.15, 0.2) is 0 Å². The molecule has 0 saturated carbocycles. The Morgan fingerprint density at radius 2 is 1.32 bits per heavy atom. The van der Waals surface area contributed by atoms with E-state index >= 15 is 0 Å². The first kappa shape index (κ1) is 12.4. The lowest BCUT2D eigenvalue weighted by Gasteiger charge is -2.39. The van der Waals surface area contributed by atoms with Gasteiger partial charge in [-0.2, -0.15) is 0 Å². The third kappa shape index (κ3) is 5.32. The number of carbonyl (C=O) groups is 4. The first-order valence-electron chi connectivity index (χ1n) is 8.75. The molecule has 1 unspecified atom stereocenters. The van der Waals surface area contributed by atoms with Gasteiger partial charge in [-0.15, -0.1) is 0 Å². The van der Waals surface area contributed by atoms with Crippen molar-refractivity contribution in [2.75, 3.05) is 6.61 Å². The largest absolute Gasteiger partial charge is 0.456 e. The van der Waals surface area contributed by atoms with E-state index in [-0.39, 0.29) is 0 Å². The molecular formula is C13H18O9. The summed E-state index contributed by atoms with van der Waals surface area (Å²) in [5, 5.41) is 0. The molecule has 0 radical (unpaired) electrons. The van der Waals surface area contributed by atoms with Crippen LogP contribution in [0.3, 0.4) is 0 Å². The Kier molecular flexibility index (Phi) is 4.36. The standard InChI is InChI=1S/C13H18O9/c1-6(14)19-10-5-18-13(22-9(4)17)12(21-8(3)16)11(10)20-7(2)15/h10-13H,5H2,1-4H3/t10-,11-,12-,13?/m1/s1/i1D,2D,3D,4D. The van der Waals surface area contributed by atoms with Crippen molar-refractivity contribution in [3.05, 3.63) is 0 Å². The second kappa shape index (κ2) is 7.74. The van der Waals surface area contributed by atoms with Crippen molar-refractivity contribution >= 4 is 23.9 Å². The normalized spacial score (nSPS) is 29.8. The molecule has 1 aliphatic heterocycles. The third-order valence-electron chi connectivity index (χ3n) is 2.45. The van der Waals surface area contributed by atoms with Gasteiger partial charge in [-0.1, -0.05) is 0 Å². The van der Waals surface area contributed by atoms with Crippen LogP contribution in [0.5, 0.6) is 0 Å². The molecule has 1 aliphatic rings. The highest BCUT2D eigenvalue weighted by atomic mass is 16.7. The molecule has 0 bridgehead atoms. The Balaban J connectivity index is 3.10. The summed E-state index contributed by atoms with van der Waals surface area (Å²) in [7, 11) is 0. The molecule has 4 atom stereocenters. The summed E-state index contributed by atoms with van der Waals surface area (Å²) in [4.78, 5) is 45.8. The molecule has 0 aromatic carbocycles. The maximum Gasteiger partial charge on any atom is 0.305 e. The summed E-state index contributed by atoms with van der Waals surface area (Å²) in [6.45, 7) is -3.50. The summed E-state index contributed by atoms with van der Waals surface area (Å²) < 4.78 is 52.8. The monoisotopic (exact) mass is 322 g/mol. The molecule has 1 fully saturated rings. The van der Waals surface area contributed by atoms with Gasteiger partial charge in [0.2, 0.25) is 12.4 Å².